The summed E-state index contributed by atoms with van der Waals surface area (Å²) in [6.45, 7) is 5.56. The van der Waals surface area contributed by atoms with Crippen LogP contribution in [0.1, 0.15) is 36.4 Å². The normalized spacial score (nSPS) is 26.3. The summed E-state index contributed by atoms with van der Waals surface area (Å²) in [6, 6.07) is 1.55. The Morgan fingerprint density at radius 3 is 3.00 bits per heavy atom. The summed E-state index contributed by atoms with van der Waals surface area (Å²) in [4.78, 5) is 7.12. The second kappa shape index (κ2) is 5.04. The third-order valence-electron chi connectivity index (χ3n) is 3.58. The second-order valence-corrected chi connectivity index (χ2v) is 6.34. The predicted molar refractivity (Wildman–Crippen MR) is 71.3 cm³/mol. The number of nitrogens with one attached hydrogen (secondary N) is 1. The number of hydrogen-bond donors (Lipinski definition) is 1. The molecule has 94 valence electrons. The highest BCUT2D eigenvalue weighted by molar-refractivity contribution is 7.09. The minimum absolute atomic E-state index is 0.720. The van der Waals surface area contributed by atoms with Gasteiger partial charge in [0, 0.05) is 29.7 Å². The Labute approximate surface area is 107 Å². The molecule has 2 aliphatic rings. The molecule has 0 amide bonds. The summed E-state index contributed by atoms with van der Waals surface area (Å²) >= 11 is 1.80. The van der Waals surface area contributed by atoms with E-state index in [1.807, 2.05) is 0 Å². The van der Waals surface area contributed by atoms with Crippen molar-refractivity contribution in [1.29, 1.82) is 0 Å². The van der Waals surface area contributed by atoms with Crippen LogP contribution in [0.3, 0.4) is 0 Å². The first-order chi connectivity index (χ1) is 8.29. The van der Waals surface area contributed by atoms with Gasteiger partial charge >= 0.3 is 0 Å². The van der Waals surface area contributed by atoms with Crippen molar-refractivity contribution >= 4 is 11.3 Å². The monoisotopic (exact) mass is 251 g/mol. The minimum Gasteiger partial charge on any atom is -0.310 e. The van der Waals surface area contributed by atoms with Crippen LogP contribution in [0.5, 0.6) is 0 Å². The van der Waals surface area contributed by atoms with Crippen molar-refractivity contribution in [2.75, 3.05) is 13.1 Å². The van der Waals surface area contributed by atoms with Gasteiger partial charge in [-0.25, -0.2) is 4.98 Å². The first-order valence-corrected chi connectivity index (χ1v) is 7.57. The van der Waals surface area contributed by atoms with Gasteiger partial charge in [-0.15, -0.1) is 11.3 Å². The number of aromatic nitrogens is 1. The zero-order chi connectivity index (χ0) is 11.7. The molecule has 2 heterocycles. The molecule has 3 rings (SSSR count). The van der Waals surface area contributed by atoms with Crippen LogP contribution >= 0.6 is 11.3 Å². The van der Waals surface area contributed by atoms with Gasteiger partial charge < -0.3 is 5.32 Å². The maximum absolute atomic E-state index is 4.56. The molecule has 0 spiro atoms. The Bertz CT molecular complexity index is 372. The number of hydrogen-bond acceptors (Lipinski definition) is 4. The lowest BCUT2D eigenvalue weighted by Crippen LogP contribution is -2.46. The maximum atomic E-state index is 4.56. The molecule has 0 bridgehead atoms. The molecule has 4 heteroatoms. The molecule has 1 aliphatic carbocycles. The fourth-order valence-corrected chi connectivity index (χ4v) is 3.40. The average molecular weight is 251 g/mol. The highest BCUT2D eigenvalue weighted by Gasteiger charge is 2.27. The Morgan fingerprint density at radius 1 is 1.41 bits per heavy atom. The van der Waals surface area contributed by atoms with Crippen molar-refractivity contribution in [1.82, 2.24) is 15.2 Å². The lowest BCUT2D eigenvalue weighted by molar-refractivity contribution is 0.182. The van der Waals surface area contributed by atoms with Gasteiger partial charge in [0.15, 0.2) is 0 Å². The van der Waals surface area contributed by atoms with E-state index in [0.29, 0.717) is 0 Å². The number of rotatable bonds is 4. The van der Waals surface area contributed by atoms with Crippen molar-refractivity contribution in [2.24, 2.45) is 0 Å². The minimum atomic E-state index is 0.720. The summed E-state index contributed by atoms with van der Waals surface area (Å²) in [5.41, 5.74) is 1.16. The molecular weight excluding hydrogens is 230 g/mol. The molecular formula is C13H21N3S. The molecule has 0 aromatic carbocycles. The molecule has 3 nitrogen and oxygen atoms in total. The van der Waals surface area contributed by atoms with Gasteiger partial charge in [-0.3, -0.25) is 4.90 Å². The number of piperidine rings is 1. The summed E-state index contributed by atoms with van der Waals surface area (Å²) in [6.07, 6.45) is 5.46. The Hall–Kier alpha value is -0.450. The van der Waals surface area contributed by atoms with Gasteiger partial charge in [0.2, 0.25) is 0 Å². The van der Waals surface area contributed by atoms with Gasteiger partial charge in [0.25, 0.3) is 0 Å². The SMILES string of the molecule is Cc1csc(CN2CCCC(NC3CC3)C2)n1. The summed E-state index contributed by atoms with van der Waals surface area (Å²) < 4.78 is 0. The van der Waals surface area contributed by atoms with E-state index in [0.717, 1.165) is 24.3 Å². The largest absolute Gasteiger partial charge is 0.310 e. The van der Waals surface area contributed by atoms with Crippen LogP contribution < -0.4 is 5.32 Å². The van der Waals surface area contributed by atoms with E-state index in [1.54, 1.807) is 11.3 Å². The molecule has 2 fully saturated rings. The van der Waals surface area contributed by atoms with Crippen molar-refractivity contribution in [3.05, 3.63) is 16.1 Å². The molecule has 1 N–H and O–H groups in total. The first kappa shape index (κ1) is 11.6. The Morgan fingerprint density at radius 2 is 2.29 bits per heavy atom. The maximum Gasteiger partial charge on any atom is 0.107 e. The topological polar surface area (TPSA) is 28.2 Å². The zero-order valence-electron chi connectivity index (χ0n) is 10.5. The third-order valence-corrected chi connectivity index (χ3v) is 4.53. The van der Waals surface area contributed by atoms with E-state index in [2.05, 4.69) is 27.5 Å². The number of nitrogens with zero attached hydrogens (tertiary/aromatic N) is 2. The molecule has 1 saturated carbocycles. The van der Waals surface area contributed by atoms with E-state index >= 15 is 0 Å². The second-order valence-electron chi connectivity index (χ2n) is 5.40. The first-order valence-electron chi connectivity index (χ1n) is 6.69. The van der Waals surface area contributed by atoms with Crippen molar-refractivity contribution in [3.63, 3.8) is 0 Å². The van der Waals surface area contributed by atoms with Crippen molar-refractivity contribution in [3.8, 4) is 0 Å². The standard InChI is InChI=1S/C13H21N3S/c1-10-9-17-13(14-10)8-16-6-2-3-12(7-16)15-11-4-5-11/h9,11-12,15H,2-8H2,1H3. The van der Waals surface area contributed by atoms with E-state index < -0.39 is 0 Å². The molecule has 17 heavy (non-hydrogen) atoms. The van der Waals surface area contributed by atoms with E-state index in [9.17, 15) is 0 Å². The lowest BCUT2D eigenvalue weighted by atomic mass is 10.1. The van der Waals surface area contributed by atoms with Crippen LogP contribution in [0.25, 0.3) is 0 Å². The molecule has 1 aliphatic heterocycles. The Balaban J connectivity index is 1.52. The molecule has 1 aromatic heterocycles. The van der Waals surface area contributed by atoms with Gasteiger partial charge in [-0.1, -0.05) is 0 Å². The van der Waals surface area contributed by atoms with Crippen LogP contribution in [0.4, 0.5) is 0 Å². The number of likely N-dealkylation sites (tertiary alicyclic amines) is 1. The highest BCUT2D eigenvalue weighted by atomic mass is 32.1. The van der Waals surface area contributed by atoms with Crippen molar-refractivity contribution < 1.29 is 0 Å². The van der Waals surface area contributed by atoms with Crippen molar-refractivity contribution in [2.45, 2.75) is 51.2 Å². The summed E-state index contributed by atoms with van der Waals surface area (Å²) in [5, 5.41) is 7.18. The zero-order valence-corrected chi connectivity index (χ0v) is 11.3. The van der Waals surface area contributed by atoms with E-state index in [4.69, 9.17) is 0 Å². The molecule has 1 unspecified atom stereocenters. The van der Waals surface area contributed by atoms with Gasteiger partial charge in [0.1, 0.15) is 5.01 Å². The van der Waals surface area contributed by atoms with Crippen LogP contribution in [-0.2, 0) is 6.54 Å². The van der Waals surface area contributed by atoms with E-state index in [-0.39, 0.29) is 0 Å². The molecule has 1 saturated heterocycles. The summed E-state index contributed by atoms with van der Waals surface area (Å²) in [5.74, 6) is 0. The summed E-state index contributed by atoms with van der Waals surface area (Å²) in [7, 11) is 0. The van der Waals surface area contributed by atoms with Crippen LogP contribution in [-0.4, -0.2) is 35.1 Å². The molecule has 1 aromatic rings. The molecule has 1 atom stereocenters. The predicted octanol–water partition coefficient (Wildman–Crippen LogP) is 2.17. The van der Waals surface area contributed by atoms with Crippen LogP contribution in [0.15, 0.2) is 5.38 Å². The average Bonchev–Trinajstić information content (AvgIpc) is 3.02. The fraction of sp³-hybridized carbons (Fsp3) is 0.769. The van der Waals surface area contributed by atoms with Gasteiger partial charge in [-0.2, -0.15) is 0 Å². The fourth-order valence-electron chi connectivity index (χ4n) is 2.59. The third kappa shape index (κ3) is 3.27. The van der Waals surface area contributed by atoms with Gasteiger partial charge in [-0.05, 0) is 39.2 Å². The smallest absolute Gasteiger partial charge is 0.107 e. The quantitative estimate of drug-likeness (QED) is 0.889. The molecule has 0 radical (unpaired) electrons. The van der Waals surface area contributed by atoms with Gasteiger partial charge in [0.05, 0.1) is 6.54 Å². The van der Waals surface area contributed by atoms with Crippen LogP contribution in [0.2, 0.25) is 0 Å². The van der Waals surface area contributed by atoms with Crippen LogP contribution in [0, 0.1) is 6.92 Å². The highest BCUT2D eigenvalue weighted by Crippen LogP contribution is 2.22. The Kier molecular flexibility index (Phi) is 3.45. The number of thiazole rings is 1. The van der Waals surface area contributed by atoms with E-state index in [1.165, 1.54) is 43.8 Å². The number of aryl methyl sites for hydroxylation is 1. The lowest BCUT2D eigenvalue weighted by Gasteiger charge is -2.32.